The zero-order valence-electron chi connectivity index (χ0n) is 11.6. The van der Waals surface area contributed by atoms with Gasteiger partial charge in [0, 0.05) is 6.54 Å². The Bertz CT molecular complexity index is 435. The van der Waals surface area contributed by atoms with E-state index in [0.717, 1.165) is 12.0 Å². The fraction of sp³-hybridized carbons (Fsp3) is 0.500. The van der Waals surface area contributed by atoms with Crippen LogP contribution in [0, 0.1) is 12.7 Å². The van der Waals surface area contributed by atoms with Crippen LogP contribution in [-0.2, 0) is 11.3 Å². The molecule has 5 heteroatoms. The lowest BCUT2D eigenvalue weighted by atomic mass is 9.96. The minimum absolute atomic E-state index is 0. The largest absolute Gasteiger partial charge is 0.350 e. The molecule has 3 nitrogen and oxygen atoms in total. The van der Waals surface area contributed by atoms with Crippen LogP contribution in [0.4, 0.5) is 4.39 Å². The van der Waals surface area contributed by atoms with E-state index < -0.39 is 5.54 Å². The van der Waals surface area contributed by atoms with Crippen molar-refractivity contribution in [2.45, 2.75) is 45.7 Å². The fourth-order valence-electron chi connectivity index (χ4n) is 1.76. The summed E-state index contributed by atoms with van der Waals surface area (Å²) in [6, 6.07) is 4.93. The molecule has 1 amide bonds. The zero-order chi connectivity index (χ0) is 13.8. The highest BCUT2D eigenvalue weighted by atomic mass is 35.5. The van der Waals surface area contributed by atoms with Crippen LogP contribution in [0.25, 0.3) is 0 Å². The molecule has 0 saturated heterocycles. The van der Waals surface area contributed by atoms with Gasteiger partial charge in [0.25, 0.3) is 0 Å². The Morgan fingerprint density at radius 2 is 2.11 bits per heavy atom. The highest BCUT2D eigenvalue weighted by Gasteiger charge is 2.26. The van der Waals surface area contributed by atoms with Gasteiger partial charge < -0.3 is 11.1 Å². The number of amides is 1. The maximum Gasteiger partial charge on any atom is 0.240 e. The van der Waals surface area contributed by atoms with E-state index in [2.05, 4.69) is 5.32 Å². The van der Waals surface area contributed by atoms with Gasteiger partial charge in [-0.25, -0.2) is 4.39 Å². The number of rotatable bonds is 5. The van der Waals surface area contributed by atoms with Gasteiger partial charge in [-0.1, -0.05) is 25.5 Å². The molecule has 0 saturated carbocycles. The summed E-state index contributed by atoms with van der Waals surface area (Å²) in [4.78, 5) is 11.9. The lowest BCUT2D eigenvalue weighted by molar-refractivity contribution is -0.126. The molecular formula is C14H22ClFN2O. The second-order valence-corrected chi connectivity index (χ2v) is 4.93. The van der Waals surface area contributed by atoms with Gasteiger partial charge >= 0.3 is 0 Å². The van der Waals surface area contributed by atoms with Gasteiger partial charge in [0.1, 0.15) is 5.82 Å². The third-order valence-corrected chi connectivity index (χ3v) is 2.98. The van der Waals surface area contributed by atoms with Gasteiger partial charge in [-0.2, -0.15) is 0 Å². The Morgan fingerprint density at radius 1 is 1.47 bits per heavy atom. The van der Waals surface area contributed by atoms with Crippen molar-refractivity contribution in [1.29, 1.82) is 0 Å². The summed E-state index contributed by atoms with van der Waals surface area (Å²) in [5.74, 6) is -0.462. The molecule has 1 unspecified atom stereocenters. The molecule has 19 heavy (non-hydrogen) atoms. The van der Waals surface area contributed by atoms with Crippen molar-refractivity contribution in [3.63, 3.8) is 0 Å². The average molecular weight is 289 g/mol. The molecule has 1 aromatic carbocycles. The first kappa shape index (κ1) is 17.9. The Hall–Kier alpha value is -1.13. The number of aryl methyl sites for hydroxylation is 1. The molecule has 0 fully saturated rings. The molecule has 0 bridgehead atoms. The normalized spacial score (nSPS) is 13.3. The molecule has 0 aromatic heterocycles. The maximum atomic E-state index is 13.3. The summed E-state index contributed by atoms with van der Waals surface area (Å²) >= 11 is 0. The summed E-state index contributed by atoms with van der Waals surface area (Å²) in [7, 11) is 0. The zero-order valence-corrected chi connectivity index (χ0v) is 12.4. The van der Waals surface area contributed by atoms with Crippen LogP contribution in [-0.4, -0.2) is 11.4 Å². The van der Waals surface area contributed by atoms with Gasteiger partial charge in [-0.05, 0) is 37.5 Å². The monoisotopic (exact) mass is 288 g/mol. The molecule has 0 heterocycles. The number of carbonyl (C=O) groups excluding carboxylic acids is 1. The number of nitrogens with one attached hydrogen (secondary N) is 1. The van der Waals surface area contributed by atoms with Crippen molar-refractivity contribution in [1.82, 2.24) is 5.32 Å². The topological polar surface area (TPSA) is 55.1 Å². The number of halogens is 2. The van der Waals surface area contributed by atoms with Crippen molar-refractivity contribution in [3.8, 4) is 0 Å². The SMILES string of the molecule is CCCC(C)(N)C(=O)NCc1ccc(C)c(F)c1.Cl. The molecule has 0 aliphatic rings. The van der Waals surface area contributed by atoms with E-state index in [1.54, 1.807) is 26.0 Å². The number of nitrogens with two attached hydrogens (primary N) is 1. The molecule has 0 spiro atoms. The van der Waals surface area contributed by atoms with Crippen LogP contribution in [0.2, 0.25) is 0 Å². The highest BCUT2D eigenvalue weighted by molar-refractivity contribution is 5.85. The van der Waals surface area contributed by atoms with Crippen LogP contribution >= 0.6 is 12.4 Å². The van der Waals surface area contributed by atoms with Crippen LogP contribution in [0.15, 0.2) is 18.2 Å². The molecule has 1 rings (SSSR count). The van der Waals surface area contributed by atoms with E-state index in [9.17, 15) is 9.18 Å². The predicted octanol–water partition coefficient (Wildman–Crippen LogP) is 2.69. The van der Waals surface area contributed by atoms with E-state index in [4.69, 9.17) is 5.73 Å². The Balaban J connectivity index is 0.00000324. The first-order chi connectivity index (χ1) is 8.36. The lowest BCUT2D eigenvalue weighted by Crippen LogP contribution is -2.51. The predicted molar refractivity (Wildman–Crippen MR) is 77.7 cm³/mol. The van der Waals surface area contributed by atoms with Crippen LogP contribution in [0.5, 0.6) is 0 Å². The standard InChI is InChI=1S/C14H21FN2O.ClH/c1-4-7-14(3,16)13(18)17-9-11-6-5-10(2)12(15)8-11;/h5-6,8H,4,7,9,16H2,1-3H3,(H,17,18);1H. The molecule has 108 valence electrons. The molecular weight excluding hydrogens is 267 g/mol. The van der Waals surface area contributed by atoms with Crippen LogP contribution in [0.3, 0.4) is 0 Å². The number of hydrogen-bond acceptors (Lipinski definition) is 2. The first-order valence-electron chi connectivity index (χ1n) is 6.19. The molecule has 1 atom stereocenters. The highest BCUT2D eigenvalue weighted by Crippen LogP contribution is 2.11. The Morgan fingerprint density at radius 3 is 2.63 bits per heavy atom. The van der Waals surface area contributed by atoms with Gasteiger partial charge in [-0.3, -0.25) is 4.79 Å². The second-order valence-electron chi connectivity index (χ2n) is 4.93. The van der Waals surface area contributed by atoms with Crippen molar-refractivity contribution in [3.05, 3.63) is 35.1 Å². The van der Waals surface area contributed by atoms with Crippen molar-refractivity contribution < 1.29 is 9.18 Å². The smallest absolute Gasteiger partial charge is 0.240 e. The number of benzene rings is 1. The maximum absolute atomic E-state index is 13.3. The fourth-order valence-corrected chi connectivity index (χ4v) is 1.76. The third kappa shape index (κ3) is 5.17. The van der Waals surface area contributed by atoms with E-state index in [0.29, 0.717) is 18.5 Å². The van der Waals surface area contributed by atoms with Crippen molar-refractivity contribution in [2.24, 2.45) is 5.73 Å². The van der Waals surface area contributed by atoms with Crippen LogP contribution in [0.1, 0.15) is 37.8 Å². The average Bonchev–Trinajstić information content (AvgIpc) is 2.30. The number of hydrogen-bond donors (Lipinski definition) is 2. The summed E-state index contributed by atoms with van der Waals surface area (Å²) in [6.07, 6.45) is 1.47. The minimum atomic E-state index is -0.863. The minimum Gasteiger partial charge on any atom is -0.350 e. The summed E-state index contributed by atoms with van der Waals surface area (Å²) < 4.78 is 13.3. The van der Waals surface area contributed by atoms with Gasteiger partial charge in [-0.15, -0.1) is 12.4 Å². The Labute approximate surface area is 120 Å². The van der Waals surface area contributed by atoms with Gasteiger partial charge in [0.2, 0.25) is 5.91 Å². The molecule has 0 aliphatic heterocycles. The first-order valence-corrected chi connectivity index (χ1v) is 6.19. The van der Waals surface area contributed by atoms with Gasteiger partial charge in [0.05, 0.1) is 5.54 Å². The summed E-state index contributed by atoms with van der Waals surface area (Å²) in [5, 5.41) is 2.74. The molecule has 0 radical (unpaired) electrons. The van der Waals surface area contributed by atoms with Crippen molar-refractivity contribution in [2.75, 3.05) is 0 Å². The van der Waals surface area contributed by atoms with Crippen LogP contribution < -0.4 is 11.1 Å². The van der Waals surface area contributed by atoms with E-state index in [1.165, 1.54) is 6.07 Å². The molecule has 0 aliphatic carbocycles. The third-order valence-electron chi connectivity index (χ3n) is 2.98. The van der Waals surface area contributed by atoms with E-state index >= 15 is 0 Å². The molecule has 1 aromatic rings. The van der Waals surface area contributed by atoms with E-state index in [1.807, 2.05) is 6.92 Å². The second kappa shape index (κ2) is 7.46. The van der Waals surface area contributed by atoms with E-state index in [-0.39, 0.29) is 24.1 Å². The molecule has 3 N–H and O–H groups in total. The Kier molecular flexibility index (Phi) is 7.01. The number of carbonyl (C=O) groups is 1. The van der Waals surface area contributed by atoms with Crippen molar-refractivity contribution >= 4 is 18.3 Å². The quantitative estimate of drug-likeness (QED) is 0.875. The lowest BCUT2D eigenvalue weighted by Gasteiger charge is -2.22. The van der Waals surface area contributed by atoms with Gasteiger partial charge in [0.15, 0.2) is 0 Å². The summed E-state index contributed by atoms with van der Waals surface area (Å²) in [6.45, 7) is 5.69. The summed E-state index contributed by atoms with van der Waals surface area (Å²) in [5.41, 5.74) is 6.37.